The first-order valence-electron chi connectivity index (χ1n) is 11.2. The van der Waals surface area contributed by atoms with E-state index in [4.69, 9.17) is 0 Å². The number of fused-ring (bicyclic) bond motifs is 1. The quantitative estimate of drug-likeness (QED) is 0.607. The van der Waals surface area contributed by atoms with E-state index in [1.165, 1.54) is 37.9 Å². The van der Waals surface area contributed by atoms with E-state index >= 15 is 0 Å². The van der Waals surface area contributed by atoms with Crippen LogP contribution in [-0.2, 0) is 11.3 Å². The van der Waals surface area contributed by atoms with Crippen molar-refractivity contribution < 1.29 is 4.79 Å². The number of carbonyl (C=O) groups excluding carboxylic acids is 1. The largest absolute Gasteiger partial charge is 0.298 e. The molecule has 3 heterocycles. The summed E-state index contributed by atoms with van der Waals surface area (Å²) in [4.78, 5) is 19.0. The second kappa shape index (κ2) is 8.19. The molecule has 3 aromatic rings. The van der Waals surface area contributed by atoms with Gasteiger partial charge < -0.3 is 0 Å². The van der Waals surface area contributed by atoms with Gasteiger partial charge in [0.1, 0.15) is 0 Å². The smallest absolute Gasteiger partial charge is 0.249 e. The summed E-state index contributed by atoms with van der Waals surface area (Å²) in [6.45, 7) is 5.75. The van der Waals surface area contributed by atoms with Gasteiger partial charge in [0.2, 0.25) is 11.9 Å². The third-order valence-corrected chi connectivity index (χ3v) is 6.20. The maximum absolute atomic E-state index is 12.0. The maximum atomic E-state index is 12.0. The van der Waals surface area contributed by atoms with E-state index in [0.29, 0.717) is 5.95 Å². The molecule has 1 aromatic carbocycles. The molecule has 2 aliphatic rings. The number of aromatic nitrogens is 3. The molecule has 1 saturated heterocycles. The first kappa shape index (κ1) is 19.2. The highest BCUT2D eigenvalue weighted by molar-refractivity contribution is 5.92. The number of pyridine rings is 1. The fraction of sp³-hybridized carbons (Fsp3) is 0.458. The van der Waals surface area contributed by atoms with Crippen LogP contribution in [-0.4, -0.2) is 38.5 Å². The summed E-state index contributed by atoms with van der Waals surface area (Å²) in [5.74, 6) is 1.44. The summed E-state index contributed by atoms with van der Waals surface area (Å²) in [5.41, 5.74) is 4.15. The average Bonchev–Trinajstić information content (AvgIpc) is 3.50. The molecule has 2 fully saturated rings. The van der Waals surface area contributed by atoms with Crippen LogP contribution in [0.1, 0.15) is 44.6 Å². The van der Waals surface area contributed by atoms with Crippen molar-refractivity contribution in [3.8, 4) is 11.3 Å². The number of likely N-dealkylation sites (tertiary alicyclic amines) is 1. The van der Waals surface area contributed by atoms with Gasteiger partial charge in [-0.25, -0.2) is 4.52 Å². The van der Waals surface area contributed by atoms with Crippen LogP contribution in [0.5, 0.6) is 0 Å². The van der Waals surface area contributed by atoms with Gasteiger partial charge in [-0.3, -0.25) is 15.0 Å². The van der Waals surface area contributed by atoms with Crippen LogP contribution in [0.3, 0.4) is 0 Å². The van der Waals surface area contributed by atoms with Gasteiger partial charge in [-0.1, -0.05) is 50.1 Å². The molecule has 1 aliphatic heterocycles. The summed E-state index contributed by atoms with van der Waals surface area (Å²) in [6, 6.07) is 14.7. The van der Waals surface area contributed by atoms with Gasteiger partial charge in [0, 0.05) is 31.1 Å². The van der Waals surface area contributed by atoms with E-state index in [2.05, 4.69) is 51.5 Å². The zero-order valence-electron chi connectivity index (χ0n) is 17.6. The molecule has 1 N–H and O–H groups in total. The van der Waals surface area contributed by atoms with Crippen LogP contribution < -0.4 is 5.32 Å². The van der Waals surface area contributed by atoms with Crippen LogP contribution in [0.2, 0.25) is 0 Å². The van der Waals surface area contributed by atoms with E-state index < -0.39 is 0 Å². The van der Waals surface area contributed by atoms with Crippen molar-refractivity contribution in [1.29, 1.82) is 0 Å². The van der Waals surface area contributed by atoms with Crippen molar-refractivity contribution in [1.82, 2.24) is 19.5 Å². The first-order valence-corrected chi connectivity index (χ1v) is 11.2. The number of nitrogens with one attached hydrogen (secondary N) is 1. The molecule has 0 bridgehead atoms. The van der Waals surface area contributed by atoms with Gasteiger partial charge in [-0.2, -0.15) is 4.98 Å². The minimum absolute atomic E-state index is 0.0275. The maximum Gasteiger partial charge on any atom is 0.249 e. The molecule has 0 spiro atoms. The molecule has 30 heavy (non-hydrogen) atoms. The number of benzene rings is 1. The number of nitrogens with zero attached hydrogens (tertiary/aromatic N) is 4. The number of amides is 1. The Morgan fingerprint density at radius 3 is 2.67 bits per heavy atom. The summed E-state index contributed by atoms with van der Waals surface area (Å²) < 4.78 is 1.81. The Bertz CT molecular complexity index is 1030. The molecule has 5 rings (SSSR count). The number of unbranched alkanes of at least 4 members (excludes halogenated alkanes) is 1. The second-order valence-electron chi connectivity index (χ2n) is 8.78. The molecule has 156 valence electrons. The standard InChI is InChI=1S/C24H29N5O/c1-2-3-5-18-15-28(16-18)14-17-8-10-19(11-9-17)21-6-4-7-22-25-24(27-29(21)22)26-23(30)20-12-13-20/h4,6-11,18,20H,2-3,5,12-16H2,1H3,(H,26,27,30). The van der Waals surface area contributed by atoms with Gasteiger partial charge in [0.15, 0.2) is 5.65 Å². The predicted octanol–water partition coefficient (Wildman–Crippen LogP) is 4.37. The Labute approximate surface area is 177 Å². The molecular weight excluding hydrogens is 374 g/mol. The van der Waals surface area contributed by atoms with Gasteiger partial charge in [-0.05, 0) is 42.9 Å². The van der Waals surface area contributed by atoms with Crippen molar-refractivity contribution in [2.24, 2.45) is 11.8 Å². The van der Waals surface area contributed by atoms with E-state index in [9.17, 15) is 4.79 Å². The zero-order valence-corrected chi connectivity index (χ0v) is 17.6. The highest BCUT2D eigenvalue weighted by Crippen LogP contribution is 2.30. The third-order valence-electron chi connectivity index (χ3n) is 6.20. The fourth-order valence-corrected chi connectivity index (χ4v) is 4.25. The number of carbonyl (C=O) groups is 1. The molecule has 0 atom stereocenters. The van der Waals surface area contributed by atoms with Crippen molar-refractivity contribution >= 4 is 17.5 Å². The van der Waals surface area contributed by atoms with Gasteiger partial charge in [0.05, 0.1) is 5.69 Å². The van der Waals surface area contributed by atoms with E-state index in [1.54, 1.807) is 0 Å². The lowest BCUT2D eigenvalue weighted by Gasteiger charge is -2.39. The molecule has 1 amide bonds. The summed E-state index contributed by atoms with van der Waals surface area (Å²) in [5, 5.41) is 7.37. The lowest BCUT2D eigenvalue weighted by atomic mass is 9.93. The topological polar surface area (TPSA) is 62.5 Å². The van der Waals surface area contributed by atoms with E-state index in [1.807, 2.05) is 22.7 Å². The van der Waals surface area contributed by atoms with Crippen LogP contribution >= 0.6 is 0 Å². The third kappa shape index (κ3) is 4.10. The number of hydrogen-bond acceptors (Lipinski definition) is 4. The summed E-state index contributed by atoms with van der Waals surface area (Å²) in [7, 11) is 0. The Kier molecular flexibility index (Phi) is 5.25. The molecule has 1 saturated carbocycles. The monoisotopic (exact) mass is 403 g/mol. The molecule has 1 aliphatic carbocycles. The molecule has 2 aromatic heterocycles. The molecule has 6 heteroatoms. The predicted molar refractivity (Wildman–Crippen MR) is 118 cm³/mol. The minimum atomic E-state index is 0.0275. The Morgan fingerprint density at radius 1 is 1.13 bits per heavy atom. The molecule has 0 unspecified atom stereocenters. The fourth-order valence-electron chi connectivity index (χ4n) is 4.25. The SMILES string of the molecule is CCCCC1CN(Cc2ccc(-c3cccc4nc(NC(=O)C5CC5)nn34)cc2)C1. The highest BCUT2D eigenvalue weighted by atomic mass is 16.2. The van der Waals surface area contributed by atoms with E-state index in [-0.39, 0.29) is 11.8 Å². The highest BCUT2D eigenvalue weighted by Gasteiger charge is 2.30. The Balaban J connectivity index is 1.27. The van der Waals surface area contributed by atoms with Crippen molar-refractivity contribution in [2.45, 2.75) is 45.6 Å². The van der Waals surface area contributed by atoms with Crippen molar-refractivity contribution in [2.75, 3.05) is 18.4 Å². The summed E-state index contributed by atoms with van der Waals surface area (Å²) >= 11 is 0. The first-order chi connectivity index (χ1) is 14.7. The van der Waals surface area contributed by atoms with Crippen LogP contribution in [0.15, 0.2) is 42.5 Å². The average molecular weight is 404 g/mol. The lowest BCUT2D eigenvalue weighted by molar-refractivity contribution is -0.117. The molecular formula is C24H29N5O. The normalized spacial score (nSPS) is 17.2. The zero-order chi connectivity index (χ0) is 20.5. The van der Waals surface area contributed by atoms with Crippen LogP contribution in [0.4, 0.5) is 5.95 Å². The molecule has 0 radical (unpaired) electrons. The Morgan fingerprint density at radius 2 is 1.93 bits per heavy atom. The van der Waals surface area contributed by atoms with Gasteiger partial charge >= 0.3 is 0 Å². The van der Waals surface area contributed by atoms with Crippen molar-refractivity contribution in [3.63, 3.8) is 0 Å². The number of rotatable bonds is 8. The number of anilines is 1. The van der Waals surface area contributed by atoms with Crippen molar-refractivity contribution in [3.05, 3.63) is 48.0 Å². The minimum Gasteiger partial charge on any atom is -0.298 e. The molecule has 6 nitrogen and oxygen atoms in total. The van der Waals surface area contributed by atoms with Gasteiger partial charge in [-0.15, -0.1) is 5.10 Å². The van der Waals surface area contributed by atoms with Gasteiger partial charge in [0.25, 0.3) is 0 Å². The Hall–Kier alpha value is -2.73. The second-order valence-corrected chi connectivity index (χ2v) is 8.78. The lowest BCUT2D eigenvalue weighted by Crippen LogP contribution is -2.45. The number of hydrogen-bond donors (Lipinski definition) is 1. The van der Waals surface area contributed by atoms with Crippen LogP contribution in [0, 0.1) is 11.8 Å². The van der Waals surface area contributed by atoms with Crippen LogP contribution in [0.25, 0.3) is 16.9 Å². The van der Waals surface area contributed by atoms with E-state index in [0.717, 1.165) is 42.2 Å². The summed E-state index contributed by atoms with van der Waals surface area (Å²) in [6.07, 6.45) is 5.95.